The second-order valence-corrected chi connectivity index (χ2v) is 4.71. The van der Waals surface area contributed by atoms with Crippen molar-refractivity contribution in [2.24, 2.45) is 0 Å². The van der Waals surface area contributed by atoms with Gasteiger partial charge in [-0.1, -0.05) is 18.2 Å². The molecule has 2 aromatic rings. The lowest BCUT2D eigenvalue weighted by Gasteiger charge is -2.10. The number of ketones is 1. The van der Waals surface area contributed by atoms with Crippen LogP contribution in [0.25, 0.3) is 0 Å². The molecule has 0 bridgehead atoms. The van der Waals surface area contributed by atoms with Crippen molar-refractivity contribution in [1.82, 2.24) is 0 Å². The lowest BCUT2D eigenvalue weighted by molar-refractivity contribution is -0.384. The fourth-order valence-corrected chi connectivity index (χ4v) is 1.89. The van der Waals surface area contributed by atoms with Crippen LogP contribution in [0.15, 0.2) is 54.6 Å². The molecule has 0 unspecified atom stereocenters. The third kappa shape index (κ3) is 4.39. The summed E-state index contributed by atoms with van der Waals surface area (Å²) in [5, 5.41) is 20.5. The van der Waals surface area contributed by atoms with Crippen molar-refractivity contribution >= 4 is 11.5 Å². The highest BCUT2D eigenvalue weighted by molar-refractivity contribution is 5.80. The summed E-state index contributed by atoms with van der Waals surface area (Å²) in [4.78, 5) is 21.8. The number of hydrogen-bond donors (Lipinski definition) is 1. The summed E-state index contributed by atoms with van der Waals surface area (Å²) in [6.45, 7) is -0.131. The number of ether oxygens (including phenoxy) is 1. The number of carbonyl (C=O) groups is 1. The minimum absolute atomic E-state index is 0.0605. The molecule has 0 amide bonds. The highest BCUT2D eigenvalue weighted by Crippen LogP contribution is 2.20. The number of nitro benzene ring substituents is 1. The van der Waals surface area contributed by atoms with Gasteiger partial charge in [-0.05, 0) is 29.8 Å². The lowest BCUT2D eigenvalue weighted by Crippen LogP contribution is -2.14. The third-order valence-corrected chi connectivity index (χ3v) is 3.05. The first kappa shape index (κ1) is 15.7. The van der Waals surface area contributed by atoms with Crippen LogP contribution in [0.3, 0.4) is 0 Å². The molecule has 6 nitrogen and oxygen atoms in total. The van der Waals surface area contributed by atoms with Gasteiger partial charge in [-0.3, -0.25) is 14.9 Å². The Bertz CT molecular complexity index is 639. The summed E-state index contributed by atoms with van der Waals surface area (Å²) in [6.07, 6.45) is -1.11. The number of aliphatic hydroxyl groups is 1. The van der Waals surface area contributed by atoms with Crippen molar-refractivity contribution in [1.29, 1.82) is 0 Å². The highest BCUT2D eigenvalue weighted by atomic mass is 16.6. The van der Waals surface area contributed by atoms with E-state index in [0.717, 1.165) is 0 Å². The zero-order valence-corrected chi connectivity index (χ0v) is 11.7. The molecule has 0 heterocycles. The topological polar surface area (TPSA) is 89.7 Å². The molecule has 0 aliphatic carbocycles. The molecule has 0 aromatic heterocycles. The van der Waals surface area contributed by atoms with Crippen LogP contribution in [0.5, 0.6) is 5.75 Å². The molecule has 1 atom stereocenters. The maximum atomic E-state index is 11.8. The highest BCUT2D eigenvalue weighted by Gasteiger charge is 2.15. The Hall–Kier alpha value is -2.73. The molecule has 0 saturated heterocycles. The predicted octanol–water partition coefficient (Wildman–Crippen LogP) is 2.67. The molecule has 0 saturated carbocycles. The molecule has 22 heavy (non-hydrogen) atoms. The van der Waals surface area contributed by atoms with Gasteiger partial charge in [0.2, 0.25) is 0 Å². The molecule has 2 aromatic carbocycles. The van der Waals surface area contributed by atoms with Gasteiger partial charge in [0.15, 0.2) is 5.78 Å². The van der Waals surface area contributed by atoms with Crippen molar-refractivity contribution in [3.05, 3.63) is 70.3 Å². The number of nitro groups is 1. The number of non-ortho nitro benzene ring substituents is 1. The SMILES string of the molecule is O=C(COc1ccccc1)C[C@@H](O)c1ccc([N+](=O)[O-])cc1. The van der Waals surface area contributed by atoms with Gasteiger partial charge >= 0.3 is 0 Å². The number of Topliss-reactive ketones (excluding diaryl/α,β-unsaturated/α-hetero) is 1. The summed E-state index contributed by atoms with van der Waals surface area (Å²) in [5.74, 6) is 0.329. The van der Waals surface area contributed by atoms with Crippen molar-refractivity contribution in [3.8, 4) is 5.75 Å². The number of para-hydroxylation sites is 1. The summed E-state index contributed by atoms with van der Waals surface area (Å²) in [7, 11) is 0. The summed E-state index contributed by atoms with van der Waals surface area (Å²) < 4.78 is 5.31. The first-order valence-corrected chi connectivity index (χ1v) is 6.68. The van der Waals surface area contributed by atoms with E-state index in [9.17, 15) is 20.0 Å². The van der Waals surface area contributed by atoms with E-state index in [1.54, 1.807) is 24.3 Å². The maximum absolute atomic E-state index is 11.8. The van der Waals surface area contributed by atoms with Gasteiger partial charge in [0.25, 0.3) is 5.69 Å². The smallest absolute Gasteiger partial charge is 0.269 e. The van der Waals surface area contributed by atoms with Gasteiger partial charge in [-0.15, -0.1) is 0 Å². The number of nitrogens with zero attached hydrogens (tertiary/aromatic N) is 1. The Morgan fingerprint density at radius 3 is 2.36 bits per heavy atom. The number of aliphatic hydroxyl groups excluding tert-OH is 1. The van der Waals surface area contributed by atoms with E-state index in [4.69, 9.17) is 4.74 Å². The average Bonchev–Trinajstić information content (AvgIpc) is 2.54. The van der Waals surface area contributed by atoms with Gasteiger partial charge in [0, 0.05) is 18.6 Å². The minimum atomic E-state index is -1.01. The largest absolute Gasteiger partial charge is 0.486 e. The monoisotopic (exact) mass is 301 g/mol. The lowest BCUT2D eigenvalue weighted by atomic mass is 10.0. The van der Waals surface area contributed by atoms with E-state index in [0.29, 0.717) is 11.3 Å². The van der Waals surface area contributed by atoms with Crippen molar-refractivity contribution in [2.45, 2.75) is 12.5 Å². The fraction of sp³-hybridized carbons (Fsp3) is 0.188. The molecular formula is C16H15NO5. The second kappa shape index (κ2) is 7.33. The molecule has 0 aliphatic heterocycles. The van der Waals surface area contributed by atoms with Gasteiger partial charge in [0.1, 0.15) is 12.4 Å². The summed E-state index contributed by atoms with van der Waals surface area (Å²) in [5.41, 5.74) is 0.397. The summed E-state index contributed by atoms with van der Waals surface area (Å²) >= 11 is 0. The zero-order valence-electron chi connectivity index (χ0n) is 11.7. The van der Waals surface area contributed by atoms with Crippen LogP contribution in [0.2, 0.25) is 0 Å². The summed E-state index contributed by atoms with van der Waals surface area (Å²) in [6, 6.07) is 14.4. The van der Waals surface area contributed by atoms with E-state index in [-0.39, 0.29) is 24.5 Å². The van der Waals surface area contributed by atoms with Crippen LogP contribution in [-0.4, -0.2) is 22.4 Å². The normalized spacial score (nSPS) is 11.7. The first-order chi connectivity index (χ1) is 10.6. The molecule has 114 valence electrons. The third-order valence-electron chi connectivity index (χ3n) is 3.05. The van der Waals surface area contributed by atoms with E-state index in [1.807, 2.05) is 6.07 Å². The van der Waals surface area contributed by atoms with Crippen molar-refractivity contribution in [3.63, 3.8) is 0 Å². The zero-order chi connectivity index (χ0) is 15.9. The first-order valence-electron chi connectivity index (χ1n) is 6.68. The van der Waals surface area contributed by atoms with Crippen LogP contribution in [-0.2, 0) is 4.79 Å². The number of carbonyl (C=O) groups excluding carboxylic acids is 1. The van der Waals surface area contributed by atoms with E-state index >= 15 is 0 Å². The molecule has 1 N–H and O–H groups in total. The Morgan fingerprint density at radius 2 is 1.77 bits per heavy atom. The molecule has 6 heteroatoms. The van der Waals surface area contributed by atoms with Crippen molar-refractivity contribution < 1.29 is 19.6 Å². The van der Waals surface area contributed by atoms with E-state index in [1.165, 1.54) is 24.3 Å². The minimum Gasteiger partial charge on any atom is -0.486 e. The second-order valence-electron chi connectivity index (χ2n) is 4.71. The van der Waals surface area contributed by atoms with Crippen LogP contribution < -0.4 is 4.74 Å². The number of rotatable bonds is 7. The quantitative estimate of drug-likeness (QED) is 0.627. The Kier molecular flexibility index (Phi) is 5.21. The van der Waals surface area contributed by atoms with Crippen LogP contribution in [0.4, 0.5) is 5.69 Å². The Balaban J connectivity index is 1.86. The standard InChI is InChI=1S/C16H15NO5/c18-14(11-22-15-4-2-1-3-5-15)10-16(19)12-6-8-13(9-7-12)17(20)21/h1-9,16,19H,10-11H2/t16-/m1/s1. The molecule has 2 rings (SSSR count). The molecule has 0 aliphatic rings. The molecule has 0 fully saturated rings. The van der Waals surface area contributed by atoms with Gasteiger partial charge < -0.3 is 9.84 Å². The van der Waals surface area contributed by atoms with E-state index in [2.05, 4.69) is 0 Å². The molecule has 0 radical (unpaired) electrons. The van der Waals surface area contributed by atoms with Gasteiger partial charge in [-0.25, -0.2) is 0 Å². The van der Waals surface area contributed by atoms with Gasteiger partial charge in [0.05, 0.1) is 11.0 Å². The van der Waals surface area contributed by atoms with Crippen LogP contribution >= 0.6 is 0 Å². The van der Waals surface area contributed by atoms with Crippen LogP contribution in [0, 0.1) is 10.1 Å². The van der Waals surface area contributed by atoms with Crippen molar-refractivity contribution in [2.75, 3.05) is 6.61 Å². The van der Waals surface area contributed by atoms with Crippen LogP contribution in [0.1, 0.15) is 18.1 Å². The molecular weight excluding hydrogens is 286 g/mol. The maximum Gasteiger partial charge on any atom is 0.269 e. The van der Waals surface area contributed by atoms with E-state index < -0.39 is 11.0 Å². The number of benzene rings is 2. The average molecular weight is 301 g/mol. The Morgan fingerprint density at radius 1 is 1.14 bits per heavy atom. The predicted molar refractivity (Wildman–Crippen MR) is 79.6 cm³/mol. The fourth-order valence-electron chi connectivity index (χ4n) is 1.89. The Labute approximate surface area is 127 Å². The number of hydrogen-bond acceptors (Lipinski definition) is 5. The van der Waals surface area contributed by atoms with Gasteiger partial charge in [-0.2, -0.15) is 0 Å². The molecule has 0 spiro atoms.